The maximum Gasteiger partial charge on any atom is 0.0322 e. The third kappa shape index (κ3) is 2.08. The van der Waals surface area contributed by atoms with Crippen LogP contribution in [0, 0.1) is 25.7 Å². The molecule has 3 atom stereocenters. The number of nitrogens with zero attached hydrogens (tertiary/aromatic N) is 1. The molecule has 0 spiro atoms. The Labute approximate surface area is 110 Å². The Morgan fingerprint density at radius 3 is 2.50 bits per heavy atom. The third-order valence-electron chi connectivity index (χ3n) is 4.85. The van der Waals surface area contributed by atoms with Crippen LogP contribution in [0.2, 0.25) is 0 Å². The van der Waals surface area contributed by atoms with Gasteiger partial charge in [0, 0.05) is 19.1 Å². The topological polar surface area (TPSA) is 15.3 Å². The van der Waals surface area contributed by atoms with E-state index in [4.69, 9.17) is 0 Å². The smallest absolute Gasteiger partial charge is 0.0322 e. The van der Waals surface area contributed by atoms with Gasteiger partial charge in [0.2, 0.25) is 0 Å². The second-order valence-corrected chi connectivity index (χ2v) is 6.17. The molecule has 18 heavy (non-hydrogen) atoms. The molecule has 2 heterocycles. The van der Waals surface area contributed by atoms with Crippen LogP contribution in [0.4, 0.5) is 0 Å². The van der Waals surface area contributed by atoms with Crippen molar-refractivity contribution in [3.05, 3.63) is 34.9 Å². The summed E-state index contributed by atoms with van der Waals surface area (Å²) in [5, 5.41) is 3.52. The standard InChI is InChI=1S/C16H24N2/c1-11-4-5-12(2)16(6-11)13(3)18-9-14-7-17-8-15(14)10-18/h4-6,13-15,17H,7-10H2,1-3H3. The summed E-state index contributed by atoms with van der Waals surface area (Å²) in [6.45, 7) is 11.8. The molecule has 98 valence electrons. The summed E-state index contributed by atoms with van der Waals surface area (Å²) in [6, 6.07) is 7.41. The van der Waals surface area contributed by atoms with E-state index in [1.807, 2.05) is 0 Å². The highest BCUT2D eigenvalue weighted by Crippen LogP contribution is 2.33. The van der Waals surface area contributed by atoms with E-state index in [0.717, 1.165) is 11.8 Å². The van der Waals surface area contributed by atoms with Crippen LogP contribution in [0.15, 0.2) is 18.2 Å². The molecule has 1 N–H and O–H groups in total. The van der Waals surface area contributed by atoms with E-state index < -0.39 is 0 Å². The first-order chi connectivity index (χ1) is 8.65. The minimum atomic E-state index is 0.565. The van der Waals surface area contributed by atoms with E-state index in [2.05, 4.69) is 49.2 Å². The molecular formula is C16H24N2. The van der Waals surface area contributed by atoms with E-state index in [-0.39, 0.29) is 0 Å². The first-order valence-electron chi connectivity index (χ1n) is 7.17. The van der Waals surface area contributed by atoms with Crippen LogP contribution in [0.5, 0.6) is 0 Å². The van der Waals surface area contributed by atoms with E-state index in [9.17, 15) is 0 Å². The Hall–Kier alpha value is -0.860. The van der Waals surface area contributed by atoms with Crippen molar-refractivity contribution in [1.82, 2.24) is 10.2 Å². The molecule has 0 aromatic heterocycles. The van der Waals surface area contributed by atoms with Gasteiger partial charge < -0.3 is 5.32 Å². The summed E-state index contributed by atoms with van der Waals surface area (Å²) in [4.78, 5) is 2.68. The van der Waals surface area contributed by atoms with Gasteiger partial charge in [-0.3, -0.25) is 4.90 Å². The molecular weight excluding hydrogens is 220 g/mol. The van der Waals surface area contributed by atoms with Crippen molar-refractivity contribution in [2.24, 2.45) is 11.8 Å². The van der Waals surface area contributed by atoms with Crippen LogP contribution in [-0.4, -0.2) is 31.1 Å². The lowest BCUT2D eigenvalue weighted by molar-refractivity contribution is 0.243. The number of hydrogen-bond acceptors (Lipinski definition) is 2. The SMILES string of the molecule is Cc1ccc(C)c(C(C)N2CC3CNCC3C2)c1. The summed E-state index contributed by atoms with van der Waals surface area (Å²) in [5.41, 5.74) is 4.33. The van der Waals surface area contributed by atoms with Crippen LogP contribution in [0.25, 0.3) is 0 Å². The second kappa shape index (κ2) is 4.67. The van der Waals surface area contributed by atoms with Crippen molar-refractivity contribution >= 4 is 0 Å². The summed E-state index contributed by atoms with van der Waals surface area (Å²) in [7, 11) is 0. The molecule has 2 aliphatic rings. The van der Waals surface area contributed by atoms with Crippen LogP contribution >= 0.6 is 0 Å². The van der Waals surface area contributed by atoms with Gasteiger partial charge in [0.25, 0.3) is 0 Å². The molecule has 0 saturated carbocycles. The monoisotopic (exact) mass is 244 g/mol. The minimum absolute atomic E-state index is 0.565. The van der Waals surface area contributed by atoms with E-state index >= 15 is 0 Å². The minimum Gasteiger partial charge on any atom is -0.316 e. The average Bonchev–Trinajstić information content (AvgIpc) is 2.91. The highest BCUT2D eigenvalue weighted by atomic mass is 15.2. The maximum absolute atomic E-state index is 3.52. The van der Waals surface area contributed by atoms with Gasteiger partial charge >= 0.3 is 0 Å². The summed E-state index contributed by atoms with van der Waals surface area (Å²) < 4.78 is 0. The Morgan fingerprint density at radius 1 is 1.17 bits per heavy atom. The van der Waals surface area contributed by atoms with Crippen LogP contribution in [0.3, 0.4) is 0 Å². The summed E-state index contributed by atoms with van der Waals surface area (Å²) >= 11 is 0. The van der Waals surface area contributed by atoms with Gasteiger partial charge in [-0.1, -0.05) is 23.8 Å². The molecule has 3 unspecified atom stereocenters. The van der Waals surface area contributed by atoms with Crippen molar-refractivity contribution in [3.8, 4) is 0 Å². The Kier molecular flexibility index (Phi) is 3.16. The fourth-order valence-electron chi connectivity index (χ4n) is 3.61. The van der Waals surface area contributed by atoms with E-state index in [1.54, 1.807) is 0 Å². The molecule has 0 amide bonds. The van der Waals surface area contributed by atoms with Crippen molar-refractivity contribution < 1.29 is 0 Å². The highest BCUT2D eigenvalue weighted by Gasteiger charge is 2.38. The molecule has 2 nitrogen and oxygen atoms in total. The number of nitrogens with one attached hydrogen (secondary N) is 1. The Bertz CT molecular complexity index is 429. The predicted octanol–water partition coefficient (Wildman–Crippen LogP) is 2.52. The Balaban J connectivity index is 1.78. The predicted molar refractivity (Wildman–Crippen MR) is 75.8 cm³/mol. The van der Waals surface area contributed by atoms with Crippen molar-refractivity contribution in [2.45, 2.75) is 26.8 Å². The third-order valence-corrected chi connectivity index (χ3v) is 4.85. The van der Waals surface area contributed by atoms with E-state index in [1.165, 1.54) is 42.9 Å². The van der Waals surface area contributed by atoms with E-state index in [0.29, 0.717) is 6.04 Å². The first-order valence-corrected chi connectivity index (χ1v) is 7.17. The summed E-state index contributed by atoms with van der Waals surface area (Å²) in [6.07, 6.45) is 0. The zero-order chi connectivity index (χ0) is 12.7. The molecule has 2 heteroatoms. The van der Waals surface area contributed by atoms with Gasteiger partial charge in [0.15, 0.2) is 0 Å². The van der Waals surface area contributed by atoms with Gasteiger partial charge in [0.1, 0.15) is 0 Å². The van der Waals surface area contributed by atoms with Crippen molar-refractivity contribution in [3.63, 3.8) is 0 Å². The molecule has 2 saturated heterocycles. The molecule has 2 fully saturated rings. The molecule has 0 bridgehead atoms. The number of benzene rings is 1. The zero-order valence-corrected chi connectivity index (χ0v) is 11.7. The average molecular weight is 244 g/mol. The first kappa shape index (κ1) is 12.2. The molecule has 1 aromatic rings. The number of likely N-dealkylation sites (tertiary alicyclic amines) is 1. The number of aryl methyl sites for hydroxylation is 2. The molecule has 1 aromatic carbocycles. The number of hydrogen-bond donors (Lipinski definition) is 1. The molecule has 0 radical (unpaired) electrons. The fraction of sp³-hybridized carbons (Fsp3) is 0.625. The lowest BCUT2D eigenvalue weighted by atomic mass is 9.99. The fourth-order valence-corrected chi connectivity index (χ4v) is 3.61. The highest BCUT2D eigenvalue weighted by molar-refractivity contribution is 5.32. The largest absolute Gasteiger partial charge is 0.316 e. The maximum atomic E-state index is 3.52. The van der Waals surface area contributed by atoms with Gasteiger partial charge in [-0.05, 0) is 56.8 Å². The van der Waals surface area contributed by atoms with Gasteiger partial charge in [-0.2, -0.15) is 0 Å². The summed E-state index contributed by atoms with van der Waals surface area (Å²) in [5.74, 6) is 1.77. The number of fused-ring (bicyclic) bond motifs is 1. The van der Waals surface area contributed by atoms with Crippen molar-refractivity contribution in [2.75, 3.05) is 26.2 Å². The van der Waals surface area contributed by atoms with Crippen molar-refractivity contribution in [1.29, 1.82) is 0 Å². The normalized spacial score (nSPS) is 29.5. The zero-order valence-electron chi connectivity index (χ0n) is 11.7. The van der Waals surface area contributed by atoms with Gasteiger partial charge in [0.05, 0.1) is 0 Å². The Morgan fingerprint density at radius 2 is 1.83 bits per heavy atom. The molecule has 2 aliphatic heterocycles. The quantitative estimate of drug-likeness (QED) is 0.860. The van der Waals surface area contributed by atoms with Crippen LogP contribution in [0.1, 0.15) is 29.7 Å². The lowest BCUT2D eigenvalue weighted by Gasteiger charge is -2.27. The molecule has 3 rings (SSSR count). The van der Waals surface area contributed by atoms with Crippen LogP contribution < -0.4 is 5.32 Å². The lowest BCUT2D eigenvalue weighted by Crippen LogP contribution is -2.28. The number of rotatable bonds is 2. The van der Waals surface area contributed by atoms with Gasteiger partial charge in [-0.15, -0.1) is 0 Å². The van der Waals surface area contributed by atoms with Gasteiger partial charge in [-0.25, -0.2) is 0 Å². The molecule has 0 aliphatic carbocycles. The second-order valence-electron chi connectivity index (χ2n) is 6.17. The van der Waals surface area contributed by atoms with Crippen LogP contribution in [-0.2, 0) is 0 Å².